The maximum atomic E-state index is 12.3. The van der Waals surface area contributed by atoms with Crippen molar-refractivity contribution in [2.75, 3.05) is 18.0 Å². The molecule has 2 aromatic heterocycles. The van der Waals surface area contributed by atoms with Crippen molar-refractivity contribution >= 4 is 22.5 Å². The fraction of sp³-hybridized carbons (Fsp3) is 0.550. The van der Waals surface area contributed by atoms with Gasteiger partial charge in [-0.2, -0.15) is 0 Å². The molecule has 1 saturated heterocycles. The summed E-state index contributed by atoms with van der Waals surface area (Å²) in [5, 5.41) is 14.2. The lowest BCUT2D eigenvalue weighted by Gasteiger charge is -2.38. The first-order chi connectivity index (χ1) is 12.5. The van der Waals surface area contributed by atoms with Crippen LogP contribution < -0.4 is 10.2 Å². The Kier molecular flexibility index (Phi) is 4.53. The zero-order valence-corrected chi connectivity index (χ0v) is 15.4. The standard InChI is InChI=1S/C20H26N4O2/c1-12-8-15(23-20(26)19(25)14-5-6-14)11-24(10-12)17-9-22-13(2)18-16(17)4-3-7-21-18/h3-4,7,9,12,14-15,19,25H,5-6,8,10-11H2,1-2H3,(H,23,26)/t12-,15+,19+/m0/s1. The van der Waals surface area contributed by atoms with Gasteiger partial charge in [-0.05, 0) is 50.2 Å². The number of piperidine rings is 1. The van der Waals surface area contributed by atoms with Gasteiger partial charge in [-0.25, -0.2) is 0 Å². The zero-order chi connectivity index (χ0) is 18.3. The number of anilines is 1. The van der Waals surface area contributed by atoms with E-state index in [1.807, 2.05) is 19.2 Å². The van der Waals surface area contributed by atoms with Crippen molar-refractivity contribution in [3.8, 4) is 0 Å². The first-order valence-corrected chi connectivity index (χ1v) is 9.46. The lowest BCUT2D eigenvalue weighted by Crippen LogP contribution is -2.52. The van der Waals surface area contributed by atoms with Crippen LogP contribution in [0, 0.1) is 18.8 Å². The number of aliphatic hydroxyl groups excluding tert-OH is 1. The molecule has 2 aliphatic rings. The molecule has 138 valence electrons. The molecule has 0 radical (unpaired) electrons. The minimum absolute atomic E-state index is 0.0349. The normalized spacial score (nSPS) is 24.5. The van der Waals surface area contributed by atoms with Crippen LogP contribution in [0.5, 0.6) is 0 Å². The van der Waals surface area contributed by atoms with Crippen molar-refractivity contribution < 1.29 is 9.90 Å². The molecule has 4 rings (SSSR count). The minimum Gasteiger partial charge on any atom is -0.383 e. The van der Waals surface area contributed by atoms with Crippen molar-refractivity contribution in [2.45, 2.75) is 45.3 Å². The highest BCUT2D eigenvalue weighted by atomic mass is 16.3. The molecule has 26 heavy (non-hydrogen) atoms. The molecule has 0 bridgehead atoms. The van der Waals surface area contributed by atoms with E-state index in [4.69, 9.17) is 0 Å². The summed E-state index contributed by atoms with van der Waals surface area (Å²) in [7, 11) is 0. The van der Waals surface area contributed by atoms with Gasteiger partial charge >= 0.3 is 0 Å². The molecule has 0 aromatic carbocycles. The van der Waals surface area contributed by atoms with Crippen LogP contribution in [-0.4, -0.2) is 46.2 Å². The Morgan fingerprint density at radius 3 is 2.92 bits per heavy atom. The first kappa shape index (κ1) is 17.2. The van der Waals surface area contributed by atoms with Crippen molar-refractivity contribution in [2.24, 2.45) is 11.8 Å². The lowest BCUT2D eigenvalue weighted by molar-refractivity contribution is -0.131. The fourth-order valence-electron chi connectivity index (χ4n) is 4.01. The quantitative estimate of drug-likeness (QED) is 0.878. The van der Waals surface area contributed by atoms with E-state index < -0.39 is 6.10 Å². The first-order valence-electron chi connectivity index (χ1n) is 9.46. The van der Waals surface area contributed by atoms with Crippen molar-refractivity contribution in [3.63, 3.8) is 0 Å². The van der Waals surface area contributed by atoms with E-state index in [1.165, 1.54) is 0 Å². The van der Waals surface area contributed by atoms with E-state index in [1.54, 1.807) is 6.20 Å². The molecule has 3 heterocycles. The second-order valence-electron chi connectivity index (χ2n) is 7.86. The number of rotatable bonds is 4. The molecule has 0 spiro atoms. The molecule has 1 aliphatic heterocycles. The number of nitrogens with zero attached hydrogens (tertiary/aromatic N) is 3. The summed E-state index contributed by atoms with van der Waals surface area (Å²) in [4.78, 5) is 23.6. The van der Waals surface area contributed by atoms with Crippen LogP contribution in [0.25, 0.3) is 10.9 Å². The number of aliphatic hydroxyl groups is 1. The third-order valence-electron chi connectivity index (χ3n) is 5.49. The molecule has 2 fully saturated rings. The number of fused-ring (bicyclic) bond motifs is 1. The molecule has 6 heteroatoms. The fourth-order valence-corrected chi connectivity index (χ4v) is 4.01. The lowest BCUT2D eigenvalue weighted by atomic mass is 9.94. The number of aromatic nitrogens is 2. The molecule has 6 nitrogen and oxygen atoms in total. The second kappa shape index (κ2) is 6.83. The Morgan fingerprint density at radius 1 is 1.35 bits per heavy atom. The average Bonchev–Trinajstić information content (AvgIpc) is 3.46. The predicted molar refractivity (Wildman–Crippen MR) is 101 cm³/mol. The third-order valence-corrected chi connectivity index (χ3v) is 5.49. The van der Waals surface area contributed by atoms with E-state index in [9.17, 15) is 9.90 Å². The van der Waals surface area contributed by atoms with Gasteiger partial charge in [-0.1, -0.05) is 6.92 Å². The number of amides is 1. The van der Waals surface area contributed by atoms with Crippen LogP contribution in [0.15, 0.2) is 24.5 Å². The minimum atomic E-state index is -0.855. The van der Waals surface area contributed by atoms with Crippen molar-refractivity contribution in [1.82, 2.24) is 15.3 Å². The van der Waals surface area contributed by atoms with E-state index in [0.29, 0.717) is 5.92 Å². The molecule has 1 aliphatic carbocycles. The van der Waals surface area contributed by atoms with Crippen molar-refractivity contribution in [1.29, 1.82) is 0 Å². The van der Waals surface area contributed by atoms with Gasteiger partial charge in [0.05, 0.1) is 23.1 Å². The van der Waals surface area contributed by atoms with Crippen LogP contribution in [0.2, 0.25) is 0 Å². The Bertz CT molecular complexity index is 821. The SMILES string of the molecule is Cc1ncc(N2C[C@@H](C)C[C@@H](NC(=O)[C@H](O)C3CC3)C2)c2cccnc12. The van der Waals surface area contributed by atoms with Gasteiger partial charge in [0.1, 0.15) is 6.10 Å². The molecular formula is C20H26N4O2. The van der Waals surface area contributed by atoms with Gasteiger partial charge in [0.15, 0.2) is 0 Å². The summed E-state index contributed by atoms with van der Waals surface area (Å²) in [5.41, 5.74) is 2.91. The zero-order valence-electron chi connectivity index (χ0n) is 15.4. The van der Waals surface area contributed by atoms with E-state index >= 15 is 0 Å². The molecule has 2 N–H and O–H groups in total. The third kappa shape index (κ3) is 3.38. The highest BCUT2D eigenvalue weighted by Crippen LogP contribution is 2.33. The van der Waals surface area contributed by atoms with E-state index in [-0.39, 0.29) is 17.9 Å². The maximum absolute atomic E-state index is 12.3. The topological polar surface area (TPSA) is 78.4 Å². The Morgan fingerprint density at radius 2 is 2.15 bits per heavy atom. The Hall–Kier alpha value is -2.21. The van der Waals surface area contributed by atoms with E-state index in [0.717, 1.165) is 54.6 Å². The monoisotopic (exact) mass is 354 g/mol. The Balaban J connectivity index is 1.55. The number of pyridine rings is 2. The summed E-state index contributed by atoms with van der Waals surface area (Å²) in [6.07, 6.45) is 5.68. The van der Waals surface area contributed by atoms with Crippen LogP contribution >= 0.6 is 0 Å². The number of nitrogens with one attached hydrogen (secondary N) is 1. The number of hydrogen-bond donors (Lipinski definition) is 2. The Labute approximate surface area is 153 Å². The van der Waals surface area contributed by atoms with Gasteiger partial charge in [0, 0.05) is 30.7 Å². The van der Waals surface area contributed by atoms with Crippen molar-refractivity contribution in [3.05, 3.63) is 30.2 Å². The average molecular weight is 354 g/mol. The van der Waals surface area contributed by atoms with Gasteiger partial charge < -0.3 is 15.3 Å². The summed E-state index contributed by atoms with van der Waals surface area (Å²) in [5.74, 6) is 0.378. The molecule has 0 unspecified atom stereocenters. The molecule has 2 aromatic rings. The molecular weight excluding hydrogens is 328 g/mol. The highest BCUT2D eigenvalue weighted by Gasteiger charge is 2.36. The predicted octanol–water partition coefficient (Wildman–Crippen LogP) is 2.04. The second-order valence-corrected chi connectivity index (χ2v) is 7.86. The van der Waals surface area contributed by atoms with Gasteiger partial charge in [-0.3, -0.25) is 14.8 Å². The van der Waals surface area contributed by atoms with Gasteiger partial charge in [0.2, 0.25) is 5.91 Å². The highest BCUT2D eigenvalue weighted by molar-refractivity contribution is 5.92. The molecule has 3 atom stereocenters. The number of carbonyl (C=O) groups is 1. The number of aryl methyl sites for hydroxylation is 1. The summed E-state index contributed by atoms with van der Waals surface area (Å²) < 4.78 is 0. The maximum Gasteiger partial charge on any atom is 0.249 e. The van der Waals surface area contributed by atoms with Crippen LogP contribution in [0.3, 0.4) is 0 Å². The molecule has 1 amide bonds. The largest absolute Gasteiger partial charge is 0.383 e. The van der Waals surface area contributed by atoms with Crippen LogP contribution in [-0.2, 0) is 4.79 Å². The summed E-state index contributed by atoms with van der Waals surface area (Å²) in [6, 6.07) is 4.06. The van der Waals surface area contributed by atoms with E-state index in [2.05, 4.69) is 33.2 Å². The van der Waals surface area contributed by atoms with Crippen LogP contribution in [0.4, 0.5) is 5.69 Å². The van der Waals surface area contributed by atoms with Gasteiger partial charge in [0.25, 0.3) is 0 Å². The summed E-state index contributed by atoms with van der Waals surface area (Å²) >= 11 is 0. The molecule has 1 saturated carbocycles. The summed E-state index contributed by atoms with van der Waals surface area (Å²) in [6.45, 7) is 5.82. The smallest absolute Gasteiger partial charge is 0.249 e. The number of hydrogen-bond acceptors (Lipinski definition) is 5. The van der Waals surface area contributed by atoms with Crippen LogP contribution in [0.1, 0.15) is 31.9 Å². The van der Waals surface area contributed by atoms with Gasteiger partial charge in [-0.15, -0.1) is 0 Å². The number of carbonyl (C=O) groups excluding carboxylic acids is 1.